The van der Waals surface area contributed by atoms with Crippen molar-refractivity contribution in [2.75, 3.05) is 25.5 Å². The van der Waals surface area contributed by atoms with Crippen LogP contribution in [0, 0.1) is 0 Å². The molecule has 1 aliphatic heterocycles. The number of carbonyl (C=O) groups is 1. The van der Waals surface area contributed by atoms with Crippen LogP contribution in [0.2, 0.25) is 0 Å². The lowest BCUT2D eigenvalue weighted by Crippen LogP contribution is -2.30. The van der Waals surface area contributed by atoms with Crippen LogP contribution in [0.5, 0.6) is 0 Å². The summed E-state index contributed by atoms with van der Waals surface area (Å²) in [4.78, 5) is 17.0. The summed E-state index contributed by atoms with van der Waals surface area (Å²) in [6.45, 7) is 1.31. The first-order valence-electron chi connectivity index (χ1n) is 8.47. The van der Waals surface area contributed by atoms with Gasteiger partial charge in [-0.15, -0.1) is 0 Å². The third kappa shape index (κ3) is 3.29. The molecule has 126 valence electrons. The molecule has 1 amide bonds. The van der Waals surface area contributed by atoms with Crippen LogP contribution >= 0.6 is 0 Å². The summed E-state index contributed by atoms with van der Waals surface area (Å²) in [5.74, 6) is 0.108. The van der Waals surface area contributed by atoms with Crippen LogP contribution in [0.15, 0.2) is 48.5 Å². The van der Waals surface area contributed by atoms with E-state index in [0.29, 0.717) is 6.54 Å². The molecule has 0 bridgehead atoms. The Morgan fingerprint density at radius 1 is 1.21 bits per heavy atom. The Hall–Kier alpha value is -2.33. The van der Waals surface area contributed by atoms with Crippen LogP contribution < -0.4 is 10.6 Å². The van der Waals surface area contributed by atoms with Gasteiger partial charge in [-0.3, -0.25) is 4.79 Å². The van der Waals surface area contributed by atoms with Gasteiger partial charge in [-0.05, 0) is 48.2 Å². The molecule has 0 aromatic heterocycles. The van der Waals surface area contributed by atoms with Crippen LogP contribution in [-0.2, 0) is 6.54 Å². The molecule has 0 radical (unpaired) electrons. The maximum Gasteiger partial charge on any atom is 0.254 e. The molecule has 4 nitrogen and oxygen atoms in total. The summed E-state index contributed by atoms with van der Waals surface area (Å²) in [6, 6.07) is 16.3. The highest BCUT2D eigenvalue weighted by Gasteiger charge is 2.30. The van der Waals surface area contributed by atoms with E-state index in [1.54, 1.807) is 0 Å². The van der Waals surface area contributed by atoms with Crippen molar-refractivity contribution in [1.82, 2.24) is 4.90 Å². The SMILES string of the molecule is CN(C)c1cccc([C@H]2CCCN2C(=O)c2ccc(CN)cc2)c1. The number of nitrogens with zero attached hydrogens (tertiary/aromatic N) is 2. The predicted molar refractivity (Wildman–Crippen MR) is 98.1 cm³/mol. The molecule has 1 fully saturated rings. The molecule has 0 aliphatic carbocycles. The third-order valence-electron chi connectivity index (χ3n) is 4.72. The Bertz CT molecular complexity index is 709. The topological polar surface area (TPSA) is 49.6 Å². The number of carbonyl (C=O) groups excluding carboxylic acids is 1. The Balaban J connectivity index is 1.84. The standard InChI is InChI=1S/C20H25N3O/c1-22(2)18-6-3-5-17(13-18)19-7-4-12-23(19)20(24)16-10-8-15(14-21)9-11-16/h3,5-6,8-11,13,19H,4,7,12,14,21H2,1-2H3/t19-/m1/s1. The molecule has 3 rings (SSSR count). The number of amides is 1. The van der Waals surface area contributed by atoms with Gasteiger partial charge in [0.15, 0.2) is 0 Å². The van der Waals surface area contributed by atoms with Crippen LogP contribution in [0.1, 0.15) is 40.4 Å². The van der Waals surface area contributed by atoms with Gasteiger partial charge in [0, 0.05) is 38.4 Å². The molecule has 2 aromatic carbocycles. The summed E-state index contributed by atoms with van der Waals surface area (Å²) in [5.41, 5.74) is 9.80. The quantitative estimate of drug-likeness (QED) is 0.940. The van der Waals surface area contributed by atoms with Crippen LogP contribution in [0.3, 0.4) is 0 Å². The fourth-order valence-corrected chi connectivity index (χ4v) is 3.32. The first-order valence-corrected chi connectivity index (χ1v) is 8.47. The van der Waals surface area contributed by atoms with Crippen LogP contribution in [-0.4, -0.2) is 31.4 Å². The van der Waals surface area contributed by atoms with Gasteiger partial charge in [0.2, 0.25) is 0 Å². The Morgan fingerprint density at radius 3 is 2.62 bits per heavy atom. The number of benzene rings is 2. The highest BCUT2D eigenvalue weighted by Crippen LogP contribution is 2.34. The second kappa shape index (κ2) is 7.05. The van der Waals surface area contributed by atoms with Gasteiger partial charge in [0.1, 0.15) is 0 Å². The average molecular weight is 323 g/mol. The smallest absolute Gasteiger partial charge is 0.254 e. The van der Waals surface area contributed by atoms with Crippen molar-refractivity contribution in [2.24, 2.45) is 5.73 Å². The molecule has 0 saturated carbocycles. The average Bonchev–Trinajstić information content (AvgIpc) is 3.11. The summed E-state index contributed by atoms with van der Waals surface area (Å²) < 4.78 is 0. The second-order valence-corrected chi connectivity index (χ2v) is 6.55. The number of hydrogen-bond donors (Lipinski definition) is 1. The maximum absolute atomic E-state index is 12.9. The van der Waals surface area contributed by atoms with Crippen LogP contribution in [0.4, 0.5) is 5.69 Å². The molecular formula is C20H25N3O. The first-order chi connectivity index (χ1) is 11.6. The Morgan fingerprint density at radius 2 is 1.96 bits per heavy atom. The van der Waals surface area contributed by atoms with E-state index >= 15 is 0 Å². The zero-order valence-corrected chi connectivity index (χ0v) is 14.4. The van der Waals surface area contributed by atoms with E-state index in [0.717, 1.165) is 30.5 Å². The lowest BCUT2D eigenvalue weighted by atomic mass is 10.0. The van der Waals surface area contributed by atoms with Gasteiger partial charge in [-0.2, -0.15) is 0 Å². The molecule has 1 heterocycles. The van der Waals surface area contributed by atoms with Gasteiger partial charge in [0.25, 0.3) is 5.91 Å². The van der Waals surface area contributed by atoms with E-state index in [2.05, 4.69) is 29.2 Å². The molecule has 0 spiro atoms. The van der Waals surface area contributed by atoms with Crippen molar-refractivity contribution in [3.63, 3.8) is 0 Å². The normalized spacial score (nSPS) is 17.1. The van der Waals surface area contributed by atoms with Gasteiger partial charge < -0.3 is 15.5 Å². The maximum atomic E-state index is 12.9. The van der Waals surface area contributed by atoms with E-state index in [1.165, 1.54) is 11.3 Å². The van der Waals surface area contributed by atoms with E-state index < -0.39 is 0 Å². The Labute approximate surface area is 143 Å². The largest absolute Gasteiger partial charge is 0.378 e. The fraction of sp³-hybridized carbons (Fsp3) is 0.350. The molecule has 2 N–H and O–H groups in total. The van der Waals surface area contributed by atoms with E-state index in [9.17, 15) is 4.79 Å². The van der Waals surface area contributed by atoms with E-state index in [4.69, 9.17) is 5.73 Å². The third-order valence-corrected chi connectivity index (χ3v) is 4.72. The number of hydrogen-bond acceptors (Lipinski definition) is 3. The molecule has 0 unspecified atom stereocenters. The lowest BCUT2D eigenvalue weighted by Gasteiger charge is -2.26. The summed E-state index contributed by atoms with van der Waals surface area (Å²) >= 11 is 0. The predicted octanol–water partition coefficient (Wildman–Crippen LogP) is 3.19. The minimum absolute atomic E-state index is 0.108. The van der Waals surface area contributed by atoms with Gasteiger partial charge in [-0.1, -0.05) is 24.3 Å². The summed E-state index contributed by atoms with van der Waals surface area (Å²) in [7, 11) is 4.07. The van der Waals surface area contributed by atoms with Crippen molar-refractivity contribution < 1.29 is 4.79 Å². The fourth-order valence-electron chi connectivity index (χ4n) is 3.32. The first kappa shape index (κ1) is 16.5. The van der Waals surface area contributed by atoms with Crippen molar-refractivity contribution in [1.29, 1.82) is 0 Å². The number of rotatable bonds is 4. The molecule has 1 atom stereocenters. The van der Waals surface area contributed by atoms with Crippen molar-refractivity contribution >= 4 is 11.6 Å². The number of likely N-dealkylation sites (tertiary alicyclic amines) is 1. The molecule has 2 aromatic rings. The molecular weight excluding hydrogens is 298 g/mol. The minimum Gasteiger partial charge on any atom is -0.378 e. The minimum atomic E-state index is 0.108. The van der Waals surface area contributed by atoms with Crippen molar-refractivity contribution in [3.8, 4) is 0 Å². The zero-order valence-electron chi connectivity index (χ0n) is 14.4. The molecule has 4 heteroatoms. The molecule has 1 aliphatic rings. The highest BCUT2D eigenvalue weighted by molar-refractivity contribution is 5.94. The zero-order chi connectivity index (χ0) is 17.1. The van der Waals surface area contributed by atoms with Crippen molar-refractivity contribution in [2.45, 2.75) is 25.4 Å². The monoisotopic (exact) mass is 323 g/mol. The number of anilines is 1. The highest BCUT2D eigenvalue weighted by atomic mass is 16.2. The molecule has 24 heavy (non-hydrogen) atoms. The molecule has 1 saturated heterocycles. The summed E-state index contributed by atoms with van der Waals surface area (Å²) in [6.07, 6.45) is 2.06. The summed E-state index contributed by atoms with van der Waals surface area (Å²) in [5, 5.41) is 0. The van der Waals surface area contributed by atoms with Crippen LogP contribution in [0.25, 0.3) is 0 Å². The van der Waals surface area contributed by atoms with E-state index in [-0.39, 0.29) is 11.9 Å². The van der Waals surface area contributed by atoms with Crippen molar-refractivity contribution in [3.05, 3.63) is 65.2 Å². The second-order valence-electron chi connectivity index (χ2n) is 6.55. The van der Waals surface area contributed by atoms with E-state index in [1.807, 2.05) is 43.3 Å². The van der Waals surface area contributed by atoms with Gasteiger partial charge in [-0.25, -0.2) is 0 Å². The van der Waals surface area contributed by atoms with Gasteiger partial charge >= 0.3 is 0 Å². The Kier molecular flexibility index (Phi) is 4.86. The number of nitrogens with two attached hydrogens (primary N) is 1. The van der Waals surface area contributed by atoms with Gasteiger partial charge in [0.05, 0.1) is 6.04 Å². The lowest BCUT2D eigenvalue weighted by molar-refractivity contribution is 0.0735.